The van der Waals surface area contributed by atoms with Crippen molar-refractivity contribution in [1.82, 2.24) is 4.90 Å². The van der Waals surface area contributed by atoms with Crippen LogP contribution in [0.5, 0.6) is 0 Å². The first-order valence-corrected chi connectivity index (χ1v) is 9.90. The Labute approximate surface area is 176 Å². The highest BCUT2D eigenvalue weighted by Gasteiger charge is 2.57. The molecular weight excluding hydrogens is 370 g/mol. The molecule has 4 rings (SSSR count). The molecule has 1 fully saturated rings. The van der Waals surface area contributed by atoms with Crippen LogP contribution in [0.2, 0.25) is 0 Å². The Morgan fingerprint density at radius 1 is 0.967 bits per heavy atom. The fourth-order valence-electron chi connectivity index (χ4n) is 4.84. The summed E-state index contributed by atoms with van der Waals surface area (Å²) in [4.78, 5) is 2.13. The number of fused-ring (bicyclic) bond motifs is 1. The minimum atomic E-state index is -1.66. The molecular formula is C25H21N5. The monoisotopic (exact) mass is 391 g/mol. The van der Waals surface area contributed by atoms with Crippen molar-refractivity contribution in [3.8, 4) is 29.3 Å². The van der Waals surface area contributed by atoms with Crippen LogP contribution < -0.4 is 0 Å². The van der Waals surface area contributed by atoms with Crippen molar-refractivity contribution < 1.29 is 0 Å². The van der Waals surface area contributed by atoms with Crippen molar-refractivity contribution in [2.75, 3.05) is 20.1 Å². The number of rotatable bonds is 2. The van der Waals surface area contributed by atoms with Gasteiger partial charge in [0.25, 0.3) is 0 Å². The second-order valence-corrected chi connectivity index (χ2v) is 8.00. The van der Waals surface area contributed by atoms with E-state index in [0.717, 1.165) is 22.3 Å². The molecule has 1 unspecified atom stereocenters. The van der Waals surface area contributed by atoms with Gasteiger partial charge in [0.1, 0.15) is 5.92 Å². The molecule has 0 amide bonds. The lowest BCUT2D eigenvalue weighted by Gasteiger charge is -2.47. The van der Waals surface area contributed by atoms with Gasteiger partial charge < -0.3 is 10.3 Å². The van der Waals surface area contributed by atoms with Gasteiger partial charge in [-0.2, -0.15) is 15.8 Å². The Balaban J connectivity index is 1.85. The molecule has 146 valence electrons. The molecule has 0 saturated heterocycles. The van der Waals surface area contributed by atoms with Crippen LogP contribution in [-0.4, -0.2) is 30.7 Å². The van der Waals surface area contributed by atoms with Crippen molar-refractivity contribution in [3.63, 3.8) is 0 Å². The van der Waals surface area contributed by atoms with Gasteiger partial charge in [0.05, 0.1) is 23.9 Å². The van der Waals surface area contributed by atoms with Crippen LogP contribution in [0.15, 0.2) is 66.2 Å². The number of likely N-dealkylation sites (N-methyl/N-ethyl adjacent to an activating group) is 1. The molecule has 3 atom stereocenters. The molecule has 1 saturated carbocycles. The van der Waals surface area contributed by atoms with Gasteiger partial charge in [0.2, 0.25) is 0 Å². The minimum Gasteiger partial charge on any atom is -0.305 e. The van der Waals surface area contributed by atoms with E-state index in [-0.39, 0.29) is 11.6 Å². The van der Waals surface area contributed by atoms with Gasteiger partial charge in [-0.05, 0) is 29.3 Å². The molecule has 0 aromatic heterocycles. The van der Waals surface area contributed by atoms with Gasteiger partial charge in [0.15, 0.2) is 5.41 Å². The first-order chi connectivity index (χ1) is 14.6. The summed E-state index contributed by atoms with van der Waals surface area (Å²) in [5.74, 6) is -1.48. The van der Waals surface area contributed by atoms with Gasteiger partial charge in [-0.1, -0.05) is 60.7 Å². The van der Waals surface area contributed by atoms with Gasteiger partial charge in [-0.15, -0.1) is 0 Å². The van der Waals surface area contributed by atoms with Crippen LogP contribution in [-0.2, 0) is 0 Å². The zero-order valence-electron chi connectivity index (χ0n) is 16.7. The Hall–Kier alpha value is -3.72. The maximum atomic E-state index is 10.1. The van der Waals surface area contributed by atoms with Crippen LogP contribution >= 0.6 is 0 Å². The molecule has 5 nitrogen and oxygen atoms in total. The molecule has 1 heterocycles. The Bertz CT molecular complexity index is 1110. The quantitative estimate of drug-likeness (QED) is 0.778. The van der Waals surface area contributed by atoms with E-state index in [9.17, 15) is 15.8 Å². The lowest BCUT2D eigenvalue weighted by Crippen LogP contribution is -2.52. The van der Waals surface area contributed by atoms with E-state index < -0.39 is 17.3 Å². The normalized spacial score (nSPS) is 25.2. The zero-order chi connectivity index (χ0) is 21.3. The van der Waals surface area contributed by atoms with Crippen LogP contribution in [0.25, 0.3) is 11.1 Å². The molecule has 0 spiro atoms. The van der Waals surface area contributed by atoms with Crippen molar-refractivity contribution in [1.29, 1.82) is 21.2 Å². The highest BCUT2D eigenvalue weighted by molar-refractivity contribution is 6.00. The molecule has 0 radical (unpaired) electrons. The van der Waals surface area contributed by atoms with Crippen molar-refractivity contribution in [3.05, 3.63) is 71.8 Å². The molecule has 1 N–H and O–H groups in total. The zero-order valence-corrected chi connectivity index (χ0v) is 16.7. The number of benzene rings is 2. The summed E-state index contributed by atoms with van der Waals surface area (Å²) in [7, 11) is 1.99. The summed E-state index contributed by atoms with van der Waals surface area (Å²) >= 11 is 0. The summed E-state index contributed by atoms with van der Waals surface area (Å²) in [5.41, 5.74) is 2.11. The summed E-state index contributed by atoms with van der Waals surface area (Å²) in [6.45, 7) is 1.34. The molecule has 2 aromatic carbocycles. The van der Waals surface area contributed by atoms with Gasteiger partial charge in [-0.3, -0.25) is 0 Å². The molecule has 1 aliphatic heterocycles. The number of nitriles is 3. The Morgan fingerprint density at radius 3 is 2.20 bits per heavy atom. The van der Waals surface area contributed by atoms with E-state index in [1.807, 2.05) is 67.7 Å². The molecule has 1 aliphatic carbocycles. The molecule has 30 heavy (non-hydrogen) atoms. The van der Waals surface area contributed by atoms with Crippen LogP contribution in [0, 0.1) is 56.7 Å². The summed E-state index contributed by atoms with van der Waals surface area (Å²) in [6.07, 6.45) is 2.00. The number of nitrogens with zero attached hydrogens (tertiary/aromatic N) is 4. The second kappa shape index (κ2) is 7.60. The van der Waals surface area contributed by atoms with Gasteiger partial charge >= 0.3 is 0 Å². The van der Waals surface area contributed by atoms with Crippen molar-refractivity contribution in [2.24, 2.45) is 17.3 Å². The summed E-state index contributed by atoms with van der Waals surface area (Å²) < 4.78 is 0. The highest BCUT2D eigenvalue weighted by Crippen LogP contribution is 2.53. The van der Waals surface area contributed by atoms with E-state index in [2.05, 4.69) is 23.1 Å². The van der Waals surface area contributed by atoms with E-state index in [4.69, 9.17) is 5.41 Å². The second-order valence-electron chi connectivity index (χ2n) is 8.00. The number of hydrogen-bond donors (Lipinski definition) is 1. The van der Waals surface area contributed by atoms with E-state index >= 15 is 0 Å². The fourth-order valence-corrected chi connectivity index (χ4v) is 4.84. The van der Waals surface area contributed by atoms with Crippen LogP contribution in [0.1, 0.15) is 11.5 Å². The topological polar surface area (TPSA) is 98.5 Å². The van der Waals surface area contributed by atoms with E-state index in [0.29, 0.717) is 13.1 Å². The predicted molar refractivity (Wildman–Crippen MR) is 114 cm³/mol. The standard InChI is InChI=1S/C25H21N5/c1-30-12-11-20-21(13-26)24(29)25(15-27,16-28)23(22(20)14-30)19-9-7-18(8-10-19)17-5-3-2-4-6-17/h2-11,21-23,29H,12,14H2,1H3/t21?,22-,23+/m1/s1. The molecule has 2 aliphatic rings. The first-order valence-electron chi connectivity index (χ1n) is 9.90. The maximum absolute atomic E-state index is 10.1. The number of nitrogens with one attached hydrogen (secondary N) is 1. The maximum Gasteiger partial charge on any atom is 0.189 e. The molecule has 5 heteroatoms. The minimum absolute atomic E-state index is 0.0980. The highest BCUT2D eigenvalue weighted by atomic mass is 15.1. The lowest BCUT2D eigenvalue weighted by molar-refractivity contribution is 0.235. The van der Waals surface area contributed by atoms with E-state index in [1.54, 1.807) is 0 Å². The largest absolute Gasteiger partial charge is 0.305 e. The molecule has 0 bridgehead atoms. The third kappa shape index (κ3) is 2.91. The van der Waals surface area contributed by atoms with E-state index in [1.165, 1.54) is 0 Å². The number of hydrogen-bond acceptors (Lipinski definition) is 5. The van der Waals surface area contributed by atoms with Crippen molar-refractivity contribution >= 4 is 5.71 Å². The SMILES string of the molecule is CN1CC=C2C(C#N)C(=N)C(C#N)(C#N)[C@@H](c3ccc(-c4ccccc4)cc3)[C@@H]2C1. The first kappa shape index (κ1) is 19.6. The van der Waals surface area contributed by atoms with Crippen molar-refractivity contribution in [2.45, 2.75) is 5.92 Å². The lowest BCUT2D eigenvalue weighted by atomic mass is 9.54. The van der Waals surface area contributed by atoms with Crippen LogP contribution in [0.4, 0.5) is 0 Å². The Kier molecular flexibility index (Phi) is 4.96. The smallest absolute Gasteiger partial charge is 0.189 e. The third-order valence-corrected chi connectivity index (χ3v) is 6.35. The van der Waals surface area contributed by atoms with Crippen LogP contribution in [0.3, 0.4) is 0 Å². The summed E-state index contributed by atoms with van der Waals surface area (Å²) in [6, 6.07) is 24.4. The average Bonchev–Trinajstić information content (AvgIpc) is 2.79. The third-order valence-electron chi connectivity index (χ3n) is 6.35. The predicted octanol–water partition coefficient (Wildman–Crippen LogP) is 4.13. The van der Waals surface area contributed by atoms with Gasteiger partial charge in [0, 0.05) is 24.9 Å². The fraction of sp³-hybridized carbons (Fsp3) is 0.280. The Morgan fingerprint density at radius 2 is 1.60 bits per heavy atom. The summed E-state index contributed by atoms with van der Waals surface area (Å²) in [5, 5.41) is 38.6. The van der Waals surface area contributed by atoms with Gasteiger partial charge in [-0.25, -0.2) is 0 Å². The molecule has 2 aromatic rings. The average molecular weight is 391 g/mol.